The molecule has 0 radical (unpaired) electrons. The molecule has 0 saturated carbocycles. The number of hydrogen-bond donors (Lipinski definition) is 0. The van der Waals surface area contributed by atoms with Crippen LogP contribution in [0.1, 0.15) is 69.2 Å². The van der Waals surface area contributed by atoms with Crippen LogP contribution in [0.4, 0.5) is 0 Å². The zero-order valence-electron chi connectivity index (χ0n) is 12.2. The maximum Gasteiger partial charge on any atom is -0.0260 e. The van der Waals surface area contributed by atoms with Gasteiger partial charge in [0.2, 0.25) is 0 Å². The van der Waals surface area contributed by atoms with Gasteiger partial charge < -0.3 is 0 Å². The molecule has 0 aromatic rings. The van der Waals surface area contributed by atoms with Crippen LogP contribution in [0.3, 0.4) is 0 Å². The molecule has 0 heterocycles. The summed E-state index contributed by atoms with van der Waals surface area (Å²) in [6.07, 6.45) is 1.36. The van der Waals surface area contributed by atoms with Crippen LogP contribution in [-0.4, -0.2) is 0 Å². The van der Waals surface area contributed by atoms with Gasteiger partial charge in [0.15, 0.2) is 0 Å². The van der Waals surface area contributed by atoms with Crippen molar-refractivity contribution in [2.75, 3.05) is 0 Å². The van der Waals surface area contributed by atoms with E-state index in [2.05, 4.69) is 62.0 Å². The second-order valence-electron chi connectivity index (χ2n) is 5.91. The Morgan fingerprint density at radius 3 is 1.00 bits per heavy atom. The van der Waals surface area contributed by atoms with Crippen molar-refractivity contribution in [1.82, 2.24) is 0 Å². The minimum Gasteiger partial charge on any atom is -0.0993 e. The van der Waals surface area contributed by atoms with E-state index in [4.69, 9.17) is 0 Å². The molecule has 0 heteroatoms. The lowest BCUT2D eigenvalue weighted by Crippen LogP contribution is -1.99. The minimum absolute atomic E-state index is 0. The highest BCUT2D eigenvalue weighted by Crippen LogP contribution is 2.15. The molecular weight excluding hydrogens is 192 g/mol. The maximum atomic E-state index is 3.95. The lowest BCUT2D eigenvalue weighted by Gasteiger charge is -2.11. The predicted octanol–water partition coefficient (Wildman–Crippen LogP) is 6.18. The molecule has 0 nitrogen and oxygen atoms in total. The fourth-order valence-electron chi connectivity index (χ4n) is 1.61. The summed E-state index contributed by atoms with van der Waals surface area (Å²) in [4.78, 5) is 0. The van der Waals surface area contributed by atoms with E-state index in [0.29, 0.717) is 11.8 Å². The first-order chi connectivity index (χ1) is 6.68. The van der Waals surface area contributed by atoms with Crippen LogP contribution in [0, 0.1) is 23.7 Å². The zero-order chi connectivity index (χ0) is 12.6. The highest BCUT2D eigenvalue weighted by molar-refractivity contribution is 4.99. The van der Waals surface area contributed by atoms with Crippen LogP contribution >= 0.6 is 0 Å². The molecule has 16 heavy (non-hydrogen) atoms. The van der Waals surface area contributed by atoms with E-state index in [1.807, 2.05) is 0 Å². The average molecular weight is 228 g/mol. The Kier molecular flexibility index (Phi) is 14.8. The third-order valence-electron chi connectivity index (χ3n) is 2.43. The van der Waals surface area contributed by atoms with Crippen LogP contribution in [0.5, 0.6) is 0 Å². The van der Waals surface area contributed by atoms with Gasteiger partial charge in [-0.1, -0.05) is 75.0 Å². The minimum atomic E-state index is 0. The quantitative estimate of drug-likeness (QED) is 0.504. The fraction of sp³-hybridized carbons (Fsp3) is 0.875. The summed E-state index contributed by atoms with van der Waals surface area (Å²) in [5, 5.41) is 0. The van der Waals surface area contributed by atoms with Crippen molar-refractivity contribution in [2.45, 2.75) is 69.2 Å². The smallest absolute Gasteiger partial charge is 0.0260 e. The number of hydrogen-bond acceptors (Lipinski definition) is 0. The van der Waals surface area contributed by atoms with E-state index in [1.54, 1.807) is 0 Å². The van der Waals surface area contributed by atoms with Crippen molar-refractivity contribution in [3.05, 3.63) is 12.2 Å². The molecule has 0 aromatic heterocycles. The van der Waals surface area contributed by atoms with Crippen LogP contribution in [0.2, 0.25) is 0 Å². The lowest BCUT2D eigenvalue weighted by molar-refractivity contribution is 0.469. The number of rotatable bonds is 4. The van der Waals surface area contributed by atoms with Gasteiger partial charge in [0.1, 0.15) is 0 Å². The third-order valence-corrected chi connectivity index (χ3v) is 2.43. The fourth-order valence-corrected chi connectivity index (χ4v) is 1.61. The van der Waals surface area contributed by atoms with Crippen LogP contribution in [0.25, 0.3) is 0 Å². The van der Waals surface area contributed by atoms with Crippen LogP contribution in [-0.2, 0) is 0 Å². The van der Waals surface area contributed by atoms with E-state index in [0.717, 1.165) is 11.8 Å². The van der Waals surface area contributed by atoms with Crippen LogP contribution in [0.15, 0.2) is 12.2 Å². The molecule has 0 amide bonds. The van der Waals surface area contributed by atoms with E-state index in [1.165, 1.54) is 12.0 Å². The molecule has 0 rings (SSSR count). The molecule has 0 atom stereocenters. The molecule has 0 aromatic carbocycles. The van der Waals surface area contributed by atoms with Gasteiger partial charge in [0, 0.05) is 0 Å². The van der Waals surface area contributed by atoms with Crippen molar-refractivity contribution in [3.8, 4) is 0 Å². The van der Waals surface area contributed by atoms with Crippen molar-refractivity contribution in [1.29, 1.82) is 0 Å². The molecular formula is C16H36. The molecule has 0 spiro atoms. The predicted molar refractivity (Wildman–Crippen MR) is 79.8 cm³/mol. The highest BCUT2D eigenvalue weighted by atomic mass is 14.1. The zero-order valence-corrected chi connectivity index (χ0v) is 12.2. The van der Waals surface area contributed by atoms with Crippen LogP contribution < -0.4 is 0 Å². The van der Waals surface area contributed by atoms with E-state index in [-0.39, 0.29) is 7.43 Å². The summed E-state index contributed by atoms with van der Waals surface area (Å²) in [5.74, 6) is 3.05. The Hall–Kier alpha value is -0.260. The van der Waals surface area contributed by atoms with Gasteiger partial charge in [0.25, 0.3) is 0 Å². The molecule has 0 unspecified atom stereocenters. The maximum absolute atomic E-state index is 3.95. The average Bonchev–Trinajstić information content (AvgIpc) is 2.00. The van der Waals surface area contributed by atoms with Gasteiger partial charge in [-0.25, -0.2) is 0 Å². The van der Waals surface area contributed by atoms with Gasteiger partial charge in [-0.15, -0.1) is 0 Å². The first-order valence-corrected chi connectivity index (χ1v) is 6.37. The third kappa shape index (κ3) is 16.2. The normalized spacial score (nSPS) is 10.2. The van der Waals surface area contributed by atoms with E-state index in [9.17, 15) is 0 Å². The highest BCUT2D eigenvalue weighted by Gasteiger charge is 2.02. The molecule has 0 N–H and O–H groups in total. The standard InChI is InChI=1S/C8H16.C7H16.CH4/c1-6(2)8(5)7(3)4;1-6(2)5-7(3)4;/h6-7H,5H2,1-4H3;6-7H,5H2,1-4H3;1H4. The molecule has 0 aliphatic carbocycles. The largest absolute Gasteiger partial charge is 0.0993 e. The topological polar surface area (TPSA) is 0 Å². The molecule has 0 aliphatic heterocycles. The monoisotopic (exact) mass is 228 g/mol. The summed E-state index contributed by atoms with van der Waals surface area (Å²) in [7, 11) is 0. The lowest BCUT2D eigenvalue weighted by atomic mass is 9.95. The summed E-state index contributed by atoms with van der Waals surface area (Å²) in [6, 6.07) is 0. The van der Waals surface area contributed by atoms with E-state index >= 15 is 0 Å². The Balaban J connectivity index is -0.000000200. The SMILES string of the molecule is C.C=C(C(C)C)C(C)C.CC(C)CC(C)C. The van der Waals surface area contributed by atoms with Gasteiger partial charge in [-0.3, -0.25) is 0 Å². The van der Waals surface area contributed by atoms with Gasteiger partial charge >= 0.3 is 0 Å². The second kappa shape index (κ2) is 11.2. The van der Waals surface area contributed by atoms with Crippen molar-refractivity contribution < 1.29 is 0 Å². The molecule has 0 bridgehead atoms. The first kappa shape index (κ1) is 21.1. The van der Waals surface area contributed by atoms with Crippen molar-refractivity contribution in [3.63, 3.8) is 0 Å². The Labute approximate surface area is 106 Å². The molecule has 0 fully saturated rings. The molecule has 0 saturated heterocycles. The number of allylic oxidation sites excluding steroid dienone is 1. The summed E-state index contributed by atoms with van der Waals surface area (Å²) in [5.41, 5.74) is 1.35. The molecule has 0 aliphatic rings. The first-order valence-electron chi connectivity index (χ1n) is 6.37. The summed E-state index contributed by atoms with van der Waals surface area (Å²) < 4.78 is 0. The Morgan fingerprint density at radius 1 is 0.750 bits per heavy atom. The van der Waals surface area contributed by atoms with Gasteiger partial charge in [-0.2, -0.15) is 0 Å². The van der Waals surface area contributed by atoms with Crippen molar-refractivity contribution in [2.24, 2.45) is 23.7 Å². The summed E-state index contributed by atoms with van der Waals surface area (Å²) >= 11 is 0. The van der Waals surface area contributed by atoms with E-state index < -0.39 is 0 Å². The molecule has 100 valence electrons. The van der Waals surface area contributed by atoms with Crippen molar-refractivity contribution >= 4 is 0 Å². The Bertz CT molecular complexity index is 133. The second-order valence-corrected chi connectivity index (χ2v) is 5.91. The van der Waals surface area contributed by atoms with Gasteiger partial charge in [0.05, 0.1) is 0 Å². The Morgan fingerprint density at radius 2 is 1.00 bits per heavy atom. The summed E-state index contributed by atoms with van der Waals surface area (Å²) in [6.45, 7) is 21.7. The van der Waals surface area contributed by atoms with Gasteiger partial charge in [-0.05, 0) is 30.1 Å².